The molecule has 1 aromatic rings. The van der Waals surface area contributed by atoms with Crippen LogP contribution in [0.3, 0.4) is 0 Å². The SMILES string of the molecule is CC(C)(CNC(=O)C1(C(N)=S)CCCC1)c1cccs1. The van der Waals surface area contributed by atoms with Gasteiger partial charge in [0.2, 0.25) is 5.91 Å². The highest BCUT2D eigenvalue weighted by atomic mass is 32.1. The molecule has 3 N–H and O–H groups in total. The number of rotatable bonds is 5. The summed E-state index contributed by atoms with van der Waals surface area (Å²) in [5.74, 6) is 0.00660. The summed E-state index contributed by atoms with van der Waals surface area (Å²) in [6, 6.07) is 4.15. The van der Waals surface area contributed by atoms with Crippen molar-refractivity contribution < 1.29 is 4.79 Å². The Labute approximate surface area is 129 Å². The summed E-state index contributed by atoms with van der Waals surface area (Å²) >= 11 is 6.87. The number of thiocarbonyl (C=S) groups is 1. The molecule has 0 bridgehead atoms. The highest BCUT2D eigenvalue weighted by molar-refractivity contribution is 7.80. The van der Waals surface area contributed by atoms with Gasteiger partial charge in [-0.25, -0.2) is 0 Å². The second-order valence-corrected chi connectivity index (χ2v) is 7.58. The van der Waals surface area contributed by atoms with E-state index in [4.69, 9.17) is 18.0 Å². The van der Waals surface area contributed by atoms with Crippen LogP contribution >= 0.6 is 23.6 Å². The van der Waals surface area contributed by atoms with Crippen molar-refractivity contribution in [3.8, 4) is 0 Å². The zero-order valence-electron chi connectivity index (χ0n) is 12.1. The molecular formula is C15H22N2OS2. The monoisotopic (exact) mass is 310 g/mol. The minimum atomic E-state index is -0.610. The van der Waals surface area contributed by atoms with Gasteiger partial charge in [0.15, 0.2) is 0 Å². The van der Waals surface area contributed by atoms with Crippen LogP contribution in [0.25, 0.3) is 0 Å². The van der Waals surface area contributed by atoms with Gasteiger partial charge in [0.25, 0.3) is 0 Å². The van der Waals surface area contributed by atoms with Crippen molar-refractivity contribution >= 4 is 34.5 Å². The Bertz CT molecular complexity index is 488. The second kappa shape index (κ2) is 5.82. The van der Waals surface area contributed by atoms with Crippen LogP contribution in [0.2, 0.25) is 0 Å². The lowest BCUT2D eigenvalue weighted by atomic mass is 9.84. The van der Waals surface area contributed by atoms with E-state index in [1.54, 1.807) is 11.3 Å². The van der Waals surface area contributed by atoms with Gasteiger partial charge >= 0.3 is 0 Å². The third kappa shape index (κ3) is 2.88. The Balaban J connectivity index is 2.03. The van der Waals surface area contributed by atoms with E-state index in [0.717, 1.165) is 25.7 Å². The maximum Gasteiger partial charge on any atom is 0.233 e. The van der Waals surface area contributed by atoms with Gasteiger partial charge in [-0.2, -0.15) is 0 Å². The van der Waals surface area contributed by atoms with Crippen molar-refractivity contribution in [3.05, 3.63) is 22.4 Å². The van der Waals surface area contributed by atoms with E-state index in [-0.39, 0.29) is 11.3 Å². The van der Waals surface area contributed by atoms with Crippen LogP contribution in [0.15, 0.2) is 17.5 Å². The molecule has 110 valence electrons. The van der Waals surface area contributed by atoms with Gasteiger partial charge in [0.05, 0.1) is 10.4 Å². The summed E-state index contributed by atoms with van der Waals surface area (Å²) in [6.45, 7) is 4.89. The van der Waals surface area contributed by atoms with Crippen LogP contribution in [0.1, 0.15) is 44.4 Å². The lowest BCUT2D eigenvalue weighted by Gasteiger charge is -2.30. The van der Waals surface area contributed by atoms with Crippen molar-refractivity contribution in [2.75, 3.05) is 6.54 Å². The number of amides is 1. The van der Waals surface area contributed by atoms with E-state index in [9.17, 15) is 4.79 Å². The predicted molar refractivity (Wildman–Crippen MR) is 88.0 cm³/mol. The Kier molecular flexibility index (Phi) is 4.49. The first kappa shape index (κ1) is 15.4. The Hall–Kier alpha value is -0.940. The van der Waals surface area contributed by atoms with Crippen LogP contribution in [-0.4, -0.2) is 17.4 Å². The fourth-order valence-corrected chi connectivity index (χ4v) is 3.93. The zero-order valence-corrected chi connectivity index (χ0v) is 13.7. The third-order valence-corrected chi connectivity index (χ3v) is 5.87. The Morgan fingerprint density at radius 2 is 2.15 bits per heavy atom. The standard InChI is InChI=1S/C15H22N2OS2/c1-14(2,11-6-5-9-20-11)10-17-13(18)15(12(16)19)7-3-4-8-15/h5-6,9H,3-4,7-8,10H2,1-2H3,(H2,16,19)(H,17,18). The maximum atomic E-state index is 12.5. The van der Waals surface area contributed by atoms with Gasteiger partial charge in [-0.05, 0) is 24.3 Å². The number of nitrogens with one attached hydrogen (secondary N) is 1. The fourth-order valence-electron chi connectivity index (χ4n) is 2.79. The van der Waals surface area contributed by atoms with E-state index in [0.29, 0.717) is 11.5 Å². The first-order valence-electron chi connectivity index (χ1n) is 7.01. The number of thiophene rings is 1. The number of hydrogen-bond donors (Lipinski definition) is 2. The fraction of sp³-hybridized carbons (Fsp3) is 0.600. The van der Waals surface area contributed by atoms with Gasteiger partial charge in [0.1, 0.15) is 0 Å². The van der Waals surface area contributed by atoms with Crippen LogP contribution in [-0.2, 0) is 10.2 Å². The summed E-state index contributed by atoms with van der Waals surface area (Å²) < 4.78 is 0. The van der Waals surface area contributed by atoms with Crippen molar-refractivity contribution in [1.82, 2.24) is 5.32 Å². The molecular weight excluding hydrogens is 288 g/mol. The largest absolute Gasteiger partial charge is 0.392 e. The van der Waals surface area contributed by atoms with Crippen LogP contribution < -0.4 is 11.1 Å². The van der Waals surface area contributed by atoms with Crippen molar-refractivity contribution in [1.29, 1.82) is 0 Å². The van der Waals surface area contributed by atoms with Gasteiger partial charge < -0.3 is 11.1 Å². The molecule has 20 heavy (non-hydrogen) atoms. The van der Waals surface area contributed by atoms with Crippen molar-refractivity contribution in [2.24, 2.45) is 11.1 Å². The smallest absolute Gasteiger partial charge is 0.233 e. The minimum Gasteiger partial charge on any atom is -0.392 e. The molecule has 0 aliphatic heterocycles. The van der Waals surface area contributed by atoms with E-state index < -0.39 is 5.41 Å². The average Bonchev–Trinajstić information content (AvgIpc) is 3.06. The third-order valence-electron chi connectivity index (χ3n) is 4.24. The topological polar surface area (TPSA) is 55.1 Å². The number of hydrogen-bond acceptors (Lipinski definition) is 3. The van der Waals surface area contributed by atoms with Crippen LogP contribution in [0.5, 0.6) is 0 Å². The normalized spacial score (nSPS) is 17.9. The number of carbonyl (C=O) groups excluding carboxylic acids is 1. The molecule has 2 rings (SSSR count). The minimum absolute atomic E-state index is 0.00660. The van der Waals surface area contributed by atoms with E-state index >= 15 is 0 Å². The first-order chi connectivity index (χ1) is 9.38. The maximum absolute atomic E-state index is 12.5. The number of carbonyl (C=O) groups is 1. The summed E-state index contributed by atoms with van der Waals surface area (Å²) in [7, 11) is 0. The molecule has 1 aliphatic carbocycles. The summed E-state index contributed by atoms with van der Waals surface area (Å²) in [5, 5.41) is 5.14. The predicted octanol–water partition coefficient (Wildman–Crippen LogP) is 2.99. The Morgan fingerprint density at radius 1 is 1.50 bits per heavy atom. The first-order valence-corrected chi connectivity index (χ1v) is 8.29. The molecule has 1 fully saturated rings. The average molecular weight is 310 g/mol. The molecule has 0 spiro atoms. The second-order valence-electron chi connectivity index (χ2n) is 6.20. The van der Waals surface area contributed by atoms with Crippen LogP contribution in [0.4, 0.5) is 0 Å². The molecule has 1 aliphatic rings. The van der Waals surface area contributed by atoms with Gasteiger partial charge in [-0.1, -0.05) is 45.0 Å². The summed E-state index contributed by atoms with van der Waals surface area (Å²) in [6.07, 6.45) is 3.62. The van der Waals surface area contributed by atoms with E-state index in [1.807, 2.05) is 6.07 Å². The highest BCUT2D eigenvalue weighted by Crippen LogP contribution is 2.39. The molecule has 1 amide bonds. The molecule has 1 heterocycles. The summed E-state index contributed by atoms with van der Waals surface area (Å²) in [4.78, 5) is 14.2. The molecule has 0 saturated heterocycles. The van der Waals surface area contributed by atoms with Crippen molar-refractivity contribution in [3.63, 3.8) is 0 Å². The molecule has 0 aromatic carbocycles. The molecule has 0 radical (unpaired) electrons. The lowest BCUT2D eigenvalue weighted by Crippen LogP contribution is -2.49. The highest BCUT2D eigenvalue weighted by Gasteiger charge is 2.44. The zero-order chi connectivity index (χ0) is 14.8. The van der Waals surface area contributed by atoms with Gasteiger partial charge in [-0.15, -0.1) is 11.3 Å². The van der Waals surface area contributed by atoms with Gasteiger partial charge in [0, 0.05) is 16.8 Å². The van der Waals surface area contributed by atoms with Gasteiger partial charge in [-0.3, -0.25) is 4.79 Å². The van der Waals surface area contributed by atoms with E-state index in [1.165, 1.54) is 4.88 Å². The molecule has 3 nitrogen and oxygen atoms in total. The van der Waals surface area contributed by atoms with Crippen LogP contribution in [0, 0.1) is 5.41 Å². The summed E-state index contributed by atoms with van der Waals surface area (Å²) in [5.41, 5.74) is 5.16. The molecule has 5 heteroatoms. The molecule has 1 saturated carbocycles. The lowest BCUT2D eigenvalue weighted by molar-refractivity contribution is -0.127. The van der Waals surface area contributed by atoms with Crippen molar-refractivity contribution in [2.45, 2.75) is 44.9 Å². The Morgan fingerprint density at radius 3 is 2.65 bits per heavy atom. The molecule has 0 atom stereocenters. The number of nitrogens with two attached hydrogens (primary N) is 1. The molecule has 1 aromatic heterocycles. The quantitative estimate of drug-likeness (QED) is 0.822. The molecule has 0 unspecified atom stereocenters. The van der Waals surface area contributed by atoms with E-state index in [2.05, 4.69) is 30.6 Å².